The van der Waals surface area contributed by atoms with Crippen molar-refractivity contribution in [3.63, 3.8) is 0 Å². The average molecular weight is 606 g/mol. The Morgan fingerprint density at radius 3 is 1.64 bits per heavy atom. The second-order valence-electron chi connectivity index (χ2n) is 13.9. The molecule has 0 fully saturated rings. The SMILES string of the molecule is CC1(C)c2cc(N(c3ccc(-c4ccccc4)cc3)c3ccc4ccccc4c3)ccc2-c2c(-c3ccccc3)cccc2C1(C)C. The van der Waals surface area contributed by atoms with Crippen LogP contribution in [0.3, 0.4) is 0 Å². The summed E-state index contributed by atoms with van der Waals surface area (Å²) in [5.41, 5.74) is 13.7. The second-order valence-corrected chi connectivity index (χ2v) is 13.9. The van der Waals surface area contributed by atoms with Crippen LogP contribution < -0.4 is 4.90 Å². The molecule has 7 aromatic carbocycles. The third-order valence-corrected chi connectivity index (χ3v) is 10.8. The molecule has 0 unspecified atom stereocenters. The van der Waals surface area contributed by atoms with Crippen molar-refractivity contribution in [2.24, 2.45) is 0 Å². The summed E-state index contributed by atoms with van der Waals surface area (Å²) >= 11 is 0. The van der Waals surface area contributed by atoms with Gasteiger partial charge in [0.1, 0.15) is 0 Å². The van der Waals surface area contributed by atoms with Crippen LogP contribution in [0.4, 0.5) is 17.1 Å². The van der Waals surface area contributed by atoms with E-state index < -0.39 is 0 Å². The summed E-state index contributed by atoms with van der Waals surface area (Å²) in [5.74, 6) is 0. The summed E-state index contributed by atoms with van der Waals surface area (Å²) in [7, 11) is 0. The van der Waals surface area contributed by atoms with Crippen molar-refractivity contribution in [2.45, 2.75) is 38.5 Å². The number of hydrogen-bond donors (Lipinski definition) is 0. The maximum Gasteiger partial charge on any atom is 0.0468 e. The van der Waals surface area contributed by atoms with Gasteiger partial charge in [-0.3, -0.25) is 0 Å². The van der Waals surface area contributed by atoms with Gasteiger partial charge in [0.05, 0.1) is 0 Å². The molecule has 0 heterocycles. The fraction of sp³-hybridized carbons (Fsp3) is 0.130. The summed E-state index contributed by atoms with van der Waals surface area (Å²) in [6.07, 6.45) is 0. The van der Waals surface area contributed by atoms with Crippen molar-refractivity contribution in [1.29, 1.82) is 0 Å². The van der Waals surface area contributed by atoms with Crippen molar-refractivity contribution < 1.29 is 0 Å². The van der Waals surface area contributed by atoms with Gasteiger partial charge in [-0.1, -0.05) is 155 Å². The van der Waals surface area contributed by atoms with Gasteiger partial charge in [0.25, 0.3) is 0 Å². The predicted octanol–water partition coefficient (Wildman–Crippen LogP) is 12.9. The quantitative estimate of drug-likeness (QED) is 0.189. The number of fused-ring (bicyclic) bond motifs is 4. The zero-order chi connectivity index (χ0) is 32.2. The molecular weight excluding hydrogens is 567 g/mol. The van der Waals surface area contributed by atoms with Gasteiger partial charge in [0.15, 0.2) is 0 Å². The molecule has 0 bridgehead atoms. The molecule has 228 valence electrons. The van der Waals surface area contributed by atoms with Gasteiger partial charge >= 0.3 is 0 Å². The van der Waals surface area contributed by atoms with Gasteiger partial charge in [-0.25, -0.2) is 0 Å². The van der Waals surface area contributed by atoms with E-state index in [1.807, 2.05) is 0 Å². The first-order valence-corrected chi connectivity index (χ1v) is 16.6. The lowest BCUT2D eigenvalue weighted by Gasteiger charge is -2.49. The molecule has 1 aliphatic carbocycles. The van der Waals surface area contributed by atoms with E-state index in [0.717, 1.165) is 17.1 Å². The number of nitrogens with zero attached hydrogens (tertiary/aromatic N) is 1. The first-order chi connectivity index (χ1) is 22.8. The Morgan fingerprint density at radius 2 is 0.915 bits per heavy atom. The first-order valence-electron chi connectivity index (χ1n) is 16.6. The zero-order valence-electron chi connectivity index (χ0n) is 27.5. The van der Waals surface area contributed by atoms with E-state index in [1.54, 1.807) is 0 Å². The fourth-order valence-electron chi connectivity index (χ4n) is 7.50. The van der Waals surface area contributed by atoms with Gasteiger partial charge in [-0.05, 0) is 103 Å². The summed E-state index contributed by atoms with van der Waals surface area (Å²) < 4.78 is 0. The third-order valence-electron chi connectivity index (χ3n) is 10.8. The molecule has 0 aliphatic heterocycles. The molecule has 1 aliphatic rings. The third kappa shape index (κ3) is 4.77. The Bertz CT molecular complexity index is 2220. The molecule has 0 spiro atoms. The van der Waals surface area contributed by atoms with E-state index in [-0.39, 0.29) is 10.8 Å². The monoisotopic (exact) mass is 605 g/mol. The number of hydrogen-bond acceptors (Lipinski definition) is 1. The van der Waals surface area contributed by atoms with Gasteiger partial charge in [0.2, 0.25) is 0 Å². The molecule has 7 aromatic rings. The normalized spacial score (nSPS) is 14.3. The largest absolute Gasteiger partial charge is 0.310 e. The van der Waals surface area contributed by atoms with Crippen LogP contribution in [0.15, 0.2) is 164 Å². The molecule has 0 radical (unpaired) electrons. The summed E-state index contributed by atoms with van der Waals surface area (Å²) in [5, 5.41) is 2.48. The highest BCUT2D eigenvalue weighted by atomic mass is 15.1. The minimum atomic E-state index is -0.118. The van der Waals surface area contributed by atoms with Crippen molar-refractivity contribution in [2.75, 3.05) is 4.90 Å². The van der Waals surface area contributed by atoms with Gasteiger partial charge in [-0.15, -0.1) is 0 Å². The first kappa shape index (κ1) is 29.0. The Kier molecular flexibility index (Phi) is 6.88. The number of rotatable bonds is 5. The summed E-state index contributed by atoms with van der Waals surface area (Å²) in [6.45, 7) is 9.67. The van der Waals surface area contributed by atoms with Crippen LogP contribution in [0.5, 0.6) is 0 Å². The highest BCUT2D eigenvalue weighted by molar-refractivity contribution is 5.93. The summed E-state index contributed by atoms with van der Waals surface area (Å²) in [6, 6.07) is 59.9. The van der Waals surface area contributed by atoms with Crippen molar-refractivity contribution in [1.82, 2.24) is 0 Å². The number of anilines is 3. The van der Waals surface area contributed by atoms with Crippen LogP contribution in [-0.2, 0) is 10.8 Å². The lowest BCUT2D eigenvalue weighted by atomic mass is 9.55. The van der Waals surface area contributed by atoms with Crippen molar-refractivity contribution >= 4 is 27.8 Å². The maximum atomic E-state index is 2.46. The van der Waals surface area contributed by atoms with Gasteiger partial charge in [-0.2, -0.15) is 0 Å². The van der Waals surface area contributed by atoms with Gasteiger partial charge in [0, 0.05) is 17.1 Å². The second kappa shape index (κ2) is 11.1. The minimum absolute atomic E-state index is 0.0934. The van der Waals surface area contributed by atoms with Crippen LogP contribution >= 0.6 is 0 Å². The van der Waals surface area contributed by atoms with Crippen molar-refractivity contribution in [3.8, 4) is 33.4 Å². The molecule has 0 aromatic heterocycles. The molecule has 8 rings (SSSR count). The molecule has 0 atom stereocenters. The predicted molar refractivity (Wildman–Crippen MR) is 201 cm³/mol. The van der Waals surface area contributed by atoms with E-state index >= 15 is 0 Å². The molecule has 0 saturated carbocycles. The van der Waals surface area contributed by atoms with Crippen LogP contribution in [0.1, 0.15) is 38.8 Å². The van der Waals surface area contributed by atoms with Crippen LogP contribution in [0, 0.1) is 0 Å². The van der Waals surface area contributed by atoms with Crippen LogP contribution in [-0.4, -0.2) is 0 Å². The highest BCUT2D eigenvalue weighted by Crippen LogP contribution is 2.57. The standard InChI is InChI=1S/C46H39N/c1-45(2)42-21-13-20-40(35-17-9-6-10-18-35)44(42)41-29-28-39(31-43(41)46(45,3)4)47(38-27-24-33-16-11-12-19-36(33)30-38)37-25-22-34(23-26-37)32-14-7-5-8-15-32/h5-31H,1-4H3. The minimum Gasteiger partial charge on any atom is -0.310 e. The Morgan fingerprint density at radius 1 is 0.362 bits per heavy atom. The van der Waals surface area contributed by atoms with Crippen LogP contribution in [0.2, 0.25) is 0 Å². The van der Waals surface area contributed by atoms with E-state index in [2.05, 4.69) is 196 Å². The molecule has 47 heavy (non-hydrogen) atoms. The Labute approximate surface area is 278 Å². The zero-order valence-corrected chi connectivity index (χ0v) is 27.5. The van der Waals surface area contributed by atoms with E-state index in [1.165, 1.54) is 55.3 Å². The molecule has 0 amide bonds. The Balaban J connectivity index is 1.33. The van der Waals surface area contributed by atoms with Gasteiger partial charge < -0.3 is 4.90 Å². The number of benzene rings is 7. The van der Waals surface area contributed by atoms with E-state index in [4.69, 9.17) is 0 Å². The topological polar surface area (TPSA) is 3.24 Å². The van der Waals surface area contributed by atoms with E-state index in [9.17, 15) is 0 Å². The molecule has 1 heteroatoms. The Hall–Kier alpha value is -5.40. The lowest BCUT2D eigenvalue weighted by Crippen LogP contribution is -2.43. The average Bonchev–Trinajstić information content (AvgIpc) is 3.12. The summed E-state index contributed by atoms with van der Waals surface area (Å²) in [4.78, 5) is 2.42. The molecule has 1 nitrogen and oxygen atoms in total. The highest BCUT2D eigenvalue weighted by Gasteiger charge is 2.46. The maximum absolute atomic E-state index is 2.46. The fourth-order valence-corrected chi connectivity index (χ4v) is 7.50. The lowest BCUT2D eigenvalue weighted by molar-refractivity contribution is 0.299. The van der Waals surface area contributed by atoms with Crippen molar-refractivity contribution in [3.05, 3.63) is 175 Å². The molecular formula is C46H39N. The van der Waals surface area contributed by atoms with E-state index in [0.29, 0.717) is 0 Å². The molecule has 0 N–H and O–H groups in total. The molecule has 0 saturated heterocycles. The smallest absolute Gasteiger partial charge is 0.0468 e. The van der Waals surface area contributed by atoms with Crippen LogP contribution in [0.25, 0.3) is 44.2 Å².